The summed E-state index contributed by atoms with van der Waals surface area (Å²) in [5.41, 5.74) is 6.43. The highest BCUT2D eigenvalue weighted by Gasteiger charge is 2.11. The minimum absolute atomic E-state index is 0.0517. The lowest BCUT2D eigenvalue weighted by atomic mass is 10.1. The third kappa shape index (κ3) is 2.03. The van der Waals surface area contributed by atoms with Crippen molar-refractivity contribution in [1.82, 2.24) is 4.98 Å². The first-order chi connectivity index (χ1) is 8.09. The number of nitrogens with zero attached hydrogens (tertiary/aromatic N) is 1. The van der Waals surface area contributed by atoms with Gasteiger partial charge in [0.15, 0.2) is 0 Å². The van der Waals surface area contributed by atoms with Gasteiger partial charge in [-0.1, -0.05) is 12.1 Å². The van der Waals surface area contributed by atoms with Gasteiger partial charge in [-0.3, -0.25) is 0 Å². The summed E-state index contributed by atoms with van der Waals surface area (Å²) < 4.78 is 0. The lowest BCUT2D eigenvalue weighted by Crippen LogP contribution is -2.04. The SMILES string of the molecule is Nc1nc(-c2ccccc2O)ccc1C(=O)O. The molecule has 0 fully saturated rings. The molecule has 0 spiro atoms. The molecular formula is C12H10N2O3. The molecule has 5 nitrogen and oxygen atoms in total. The zero-order valence-electron chi connectivity index (χ0n) is 8.79. The van der Waals surface area contributed by atoms with Crippen molar-refractivity contribution in [2.24, 2.45) is 0 Å². The molecule has 2 aromatic rings. The summed E-state index contributed by atoms with van der Waals surface area (Å²) in [7, 11) is 0. The van der Waals surface area contributed by atoms with Crippen LogP contribution in [0.5, 0.6) is 5.75 Å². The van der Waals surface area contributed by atoms with Crippen molar-refractivity contribution in [1.29, 1.82) is 0 Å². The second-order valence-electron chi connectivity index (χ2n) is 3.45. The van der Waals surface area contributed by atoms with E-state index in [4.69, 9.17) is 10.8 Å². The van der Waals surface area contributed by atoms with Crippen LogP contribution in [0.2, 0.25) is 0 Å². The molecule has 0 unspecified atom stereocenters. The van der Waals surface area contributed by atoms with Gasteiger partial charge in [0.25, 0.3) is 0 Å². The van der Waals surface area contributed by atoms with Gasteiger partial charge in [0, 0.05) is 5.56 Å². The molecule has 5 heteroatoms. The van der Waals surface area contributed by atoms with E-state index in [1.807, 2.05) is 0 Å². The van der Waals surface area contributed by atoms with Crippen molar-refractivity contribution in [3.63, 3.8) is 0 Å². The van der Waals surface area contributed by atoms with Gasteiger partial charge in [0.05, 0.1) is 5.69 Å². The fraction of sp³-hybridized carbons (Fsp3) is 0. The number of carboxylic acids is 1. The van der Waals surface area contributed by atoms with Gasteiger partial charge in [0.1, 0.15) is 17.1 Å². The smallest absolute Gasteiger partial charge is 0.339 e. The number of rotatable bonds is 2. The third-order valence-corrected chi connectivity index (χ3v) is 2.34. The Morgan fingerprint density at radius 2 is 1.88 bits per heavy atom. The maximum Gasteiger partial charge on any atom is 0.339 e. The molecule has 0 saturated carbocycles. The molecule has 17 heavy (non-hydrogen) atoms. The molecule has 4 N–H and O–H groups in total. The molecule has 0 bridgehead atoms. The number of hydrogen-bond donors (Lipinski definition) is 3. The maximum atomic E-state index is 10.8. The molecule has 0 aliphatic carbocycles. The quantitative estimate of drug-likeness (QED) is 0.730. The topological polar surface area (TPSA) is 96.4 Å². The Labute approximate surface area is 97.2 Å². The van der Waals surface area contributed by atoms with Gasteiger partial charge >= 0.3 is 5.97 Å². The van der Waals surface area contributed by atoms with Crippen molar-refractivity contribution >= 4 is 11.8 Å². The van der Waals surface area contributed by atoms with E-state index in [1.165, 1.54) is 18.2 Å². The number of phenolic OH excluding ortho intramolecular Hbond substituents is 1. The Morgan fingerprint density at radius 3 is 2.47 bits per heavy atom. The average Bonchev–Trinajstić information content (AvgIpc) is 2.29. The molecule has 0 amide bonds. The molecule has 2 rings (SSSR count). The number of benzene rings is 1. The van der Waals surface area contributed by atoms with Crippen LogP contribution in [-0.4, -0.2) is 21.2 Å². The van der Waals surface area contributed by atoms with Crippen LogP contribution in [0.15, 0.2) is 36.4 Å². The van der Waals surface area contributed by atoms with Crippen molar-refractivity contribution < 1.29 is 15.0 Å². The van der Waals surface area contributed by atoms with Gasteiger partial charge in [0.2, 0.25) is 0 Å². The first-order valence-corrected chi connectivity index (χ1v) is 4.88. The summed E-state index contributed by atoms with van der Waals surface area (Å²) in [6, 6.07) is 9.52. The summed E-state index contributed by atoms with van der Waals surface area (Å²) in [6.07, 6.45) is 0. The fourth-order valence-electron chi connectivity index (χ4n) is 1.50. The van der Waals surface area contributed by atoms with E-state index in [9.17, 15) is 9.90 Å². The molecule has 0 aliphatic heterocycles. The number of para-hydroxylation sites is 1. The first kappa shape index (κ1) is 10.9. The minimum atomic E-state index is -1.13. The highest BCUT2D eigenvalue weighted by molar-refractivity contribution is 5.93. The van der Waals surface area contributed by atoms with Crippen molar-refractivity contribution in [2.75, 3.05) is 5.73 Å². The molecule has 0 atom stereocenters. The predicted molar refractivity (Wildman–Crippen MR) is 62.7 cm³/mol. The van der Waals surface area contributed by atoms with Crippen LogP contribution < -0.4 is 5.73 Å². The van der Waals surface area contributed by atoms with Crippen LogP contribution in [-0.2, 0) is 0 Å². The number of aromatic nitrogens is 1. The number of aromatic carboxylic acids is 1. The Bertz CT molecular complexity index is 582. The number of carbonyl (C=O) groups is 1. The normalized spacial score (nSPS) is 10.1. The predicted octanol–water partition coefficient (Wildman–Crippen LogP) is 1.73. The van der Waals surface area contributed by atoms with Crippen LogP contribution in [0.1, 0.15) is 10.4 Å². The lowest BCUT2D eigenvalue weighted by molar-refractivity contribution is 0.0697. The second kappa shape index (κ2) is 4.13. The Kier molecular flexibility index (Phi) is 2.66. The van der Waals surface area contributed by atoms with E-state index >= 15 is 0 Å². The van der Waals surface area contributed by atoms with Gasteiger partial charge < -0.3 is 15.9 Å². The molecule has 1 aromatic heterocycles. The van der Waals surface area contributed by atoms with Crippen LogP contribution >= 0.6 is 0 Å². The van der Waals surface area contributed by atoms with Crippen molar-refractivity contribution in [3.05, 3.63) is 42.0 Å². The Morgan fingerprint density at radius 1 is 1.18 bits per heavy atom. The molecule has 0 aliphatic rings. The van der Waals surface area contributed by atoms with Crippen LogP contribution in [0, 0.1) is 0 Å². The molecule has 1 aromatic carbocycles. The van der Waals surface area contributed by atoms with Crippen LogP contribution in [0.4, 0.5) is 5.82 Å². The number of nitrogen functional groups attached to an aromatic ring is 1. The molecule has 1 heterocycles. The first-order valence-electron chi connectivity index (χ1n) is 4.88. The summed E-state index contributed by atoms with van der Waals surface area (Å²) >= 11 is 0. The van der Waals surface area contributed by atoms with E-state index in [2.05, 4.69) is 4.98 Å². The number of pyridine rings is 1. The van der Waals surface area contributed by atoms with E-state index in [-0.39, 0.29) is 17.1 Å². The van der Waals surface area contributed by atoms with Crippen molar-refractivity contribution in [3.8, 4) is 17.0 Å². The number of anilines is 1. The maximum absolute atomic E-state index is 10.8. The number of phenols is 1. The highest BCUT2D eigenvalue weighted by atomic mass is 16.4. The number of hydrogen-bond acceptors (Lipinski definition) is 4. The second-order valence-corrected chi connectivity index (χ2v) is 3.45. The van der Waals surface area contributed by atoms with Crippen LogP contribution in [0.3, 0.4) is 0 Å². The summed E-state index contributed by atoms with van der Waals surface area (Å²) in [4.78, 5) is 14.7. The van der Waals surface area contributed by atoms with E-state index in [0.717, 1.165) is 0 Å². The van der Waals surface area contributed by atoms with Crippen LogP contribution in [0.25, 0.3) is 11.3 Å². The van der Waals surface area contributed by atoms with E-state index in [0.29, 0.717) is 11.3 Å². The number of carboxylic acid groups (broad SMARTS) is 1. The number of aromatic hydroxyl groups is 1. The Hall–Kier alpha value is -2.56. The summed E-state index contributed by atoms with van der Waals surface area (Å²) in [5.74, 6) is -1.13. The monoisotopic (exact) mass is 230 g/mol. The zero-order chi connectivity index (χ0) is 12.4. The van der Waals surface area contributed by atoms with Gasteiger partial charge in [-0.15, -0.1) is 0 Å². The van der Waals surface area contributed by atoms with Gasteiger partial charge in [-0.05, 0) is 24.3 Å². The largest absolute Gasteiger partial charge is 0.507 e. The standard InChI is InChI=1S/C12H10N2O3/c13-11-8(12(16)17)5-6-9(14-11)7-3-1-2-4-10(7)15/h1-6,15H,(H2,13,14)(H,16,17). The highest BCUT2D eigenvalue weighted by Crippen LogP contribution is 2.28. The number of nitrogens with two attached hydrogens (primary N) is 1. The zero-order valence-corrected chi connectivity index (χ0v) is 8.79. The summed E-state index contributed by atoms with van der Waals surface area (Å²) in [5, 5.41) is 18.4. The van der Waals surface area contributed by atoms with Gasteiger partial charge in [-0.2, -0.15) is 0 Å². The average molecular weight is 230 g/mol. The molecule has 0 saturated heterocycles. The molecular weight excluding hydrogens is 220 g/mol. The summed E-state index contributed by atoms with van der Waals surface area (Å²) in [6.45, 7) is 0. The Balaban J connectivity index is 2.52. The lowest BCUT2D eigenvalue weighted by Gasteiger charge is -2.06. The van der Waals surface area contributed by atoms with Crippen molar-refractivity contribution in [2.45, 2.75) is 0 Å². The minimum Gasteiger partial charge on any atom is -0.507 e. The van der Waals surface area contributed by atoms with Gasteiger partial charge in [-0.25, -0.2) is 9.78 Å². The fourth-order valence-corrected chi connectivity index (χ4v) is 1.50. The van der Waals surface area contributed by atoms with E-state index < -0.39 is 5.97 Å². The van der Waals surface area contributed by atoms with E-state index in [1.54, 1.807) is 18.2 Å². The molecule has 86 valence electrons. The third-order valence-electron chi connectivity index (χ3n) is 2.34. The molecule has 0 radical (unpaired) electrons.